The number of anilines is 1. The van der Waals surface area contributed by atoms with Crippen molar-refractivity contribution in [3.05, 3.63) is 70.1 Å². The maximum Gasteiger partial charge on any atom is 0.324 e. The number of aromatic nitrogens is 2. The van der Waals surface area contributed by atoms with E-state index in [4.69, 9.17) is 16.4 Å². The van der Waals surface area contributed by atoms with Crippen LogP contribution in [0.25, 0.3) is 27.2 Å². The first-order chi connectivity index (χ1) is 17.3. The molecular weight excluding hydrogens is 473 g/mol. The van der Waals surface area contributed by atoms with Crippen LogP contribution in [0.5, 0.6) is 5.75 Å². The topological polar surface area (TPSA) is 72.0 Å². The molecule has 0 aliphatic carbocycles. The van der Waals surface area contributed by atoms with Crippen molar-refractivity contribution in [3.8, 4) is 28.1 Å². The van der Waals surface area contributed by atoms with Gasteiger partial charge in [0.1, 0.15) is 18.2 Å². The molecule has 0 amide bonds. The van der Waals surface area contributed by atoms with Crippen molar-refractivity contribution in [2.45, 2.75) is 26.3 Å². The van der Waals surface area contributed by atoms with Crippen LogP contribution in [-0.4, -0.2) is 41.0 Å². The zero-order valence-corrected chi connectivity index (χ0v) is 19.6. The summed E-state index contributed by atoms with van der Waals surface area (Å²) < 4.78 is 48.8. The van der Waals surface area contributed by atoms with Crippen molar-refractivity contribution in [2.24, 2.45) is 5.92 Å². The van der Waals surface area contributed by atoms with Gasteiger partial charge in [-0.3, -0.25) is 4.79 Å². The third-order valence-corrected chi connectivity index (χ3v) is 6.20. The highest BCUT2D eigenvalue weighted by atomic mass is 19.3. The minimum Gasteiger partial charge on any atom is -0.491 e. The number of nitrogens with zero attached hydrogens (tertiary/aromatic N) is 4. The molecule has 7 nitrogen and oxygen atoms in total. The molecule has 1 aromatic heterocycles. The van der Waals surface area contributed by atoms with E-state index in [0.717, 1.165) is 18.9 Å². The summed E-state index contributed by atoms with van der Waals surface area (Å²) in [5, 5.41) is 8.95. The van der Waals surface area contributed by atoms with E-state index in [1.54, 1.807) is 17.0 Å². The van der Waals surface area contributed by atoms with E-state index in [0.29, 0.717) is 34.9 Å². The van der Waals surface area contributed by atoms with Gasteiger partial charge in [-0.2, -0.15) is 8.78 Å². The zero-order chi connectivity index (χ0) is 25.8. The molecule has 1 N–H and O–H groups in total. The van der Waals surface area contributed by atoms with Gasteiger partial charge in [-0.1, -0.05) is 31.2 Å². The van der Waals surface area contributed by atoms with Gasteiger partial charge >= 0.3 is 6.55 Å². The van der Waals surface area contributed by atoms with E-state index < -0.39 is 17.9 Å². The second-order valence-corrected chi connectivity index (χ2v) is 8.63. The Kier molecular flexibility index (Phi) is 7.60. The van der Waals surface area contributed by atoms with Crippen LogP contribution in [-0.2, 0) is 0 Å². The lowest BCUT2D eigenvalue weighted by atomic mass is 9.98. The number of aliphatic hydroxyl groups is 1. The largest absolute Gasteiger partial charge is 0.491 e. The lowest BCUT2D eigenvalue weighted by molar-refractivity contribution is 0.0666. The molecular formula is C26H25F3N4O3. The molecule has 0 spiro atoms. The molecule has 0 atom stereocenters. The minimum absolute atomic E-state index is 0.0463. The van der Waals surface area contributed by atoms with Crippen molar-refractivity contribution < 1.29 is 23.0 Å². The Morgan fingerprint density at radius 2 is 1.83 bits per heavy atom. The fraction of sp³-hybridized carbons (Fsp3) is 0.346. The Morgan fingerprint density at radius 3 is 2.42 bits per heavy atom. The molecule has 1 fully saturated rings. The van der Waals surface area contributed by atoms with Gasteiger partial charge in [0.05, 0.1) is 24.4 Å². The molecule has 1 aliphatic rings. The quantitative estimate of drug-likeness (QED) is 0.450. The average molecular weight is 499 g/mol. The fourth-order valence-electron chi connectivity index (χ4n) is 4.23. The number of rotatable bonds is 7. The van der Waals surface area contributed by atoms with E-state index >= 15 is 0 Å². The first kappa shape index (κ1) is 25.3. The lowest BCUT2D eigenvalue weighted by Crippen LogP contribution is -2.39. The Bertz CT molecular complexity index is 1330. The van der Waals surface area contributed by atoms with Crippen molar-refractivity contribution in [2.75, 3.05) is 31.2 Å². The van der Waals surface area contributed by atoms with E-state index in [1.165, 1.54) is 24.3 Å². The third-order valence-electron chi connectivity index (χ3n) is 6.20. The first-order valence-electron chi connectivity index (χ1n) is 11.5. The Morgan fingerprint density at radius 1 is 1.17 bits per heavy atom. The molecule has 0 saturated carbocycles. The summed E-state index contributed by atoms with van der Waals surface area (Å²) in [7, 11) is 0. The van der Waals surface area contributed by atoms with Crippen LogP contribution in [0.4, 0.5) is 24.8 Å². The van der Waals surface area contributed by atoms with Gasteiger partial charge in [0.15, 0.2) is 0 Å². The van der Waals surface area contributed by atoms with E-state index in [1.807, 2.05) is 0 Å². The Hall–Kier alpha value is -3.84. The lowest BCUT2D eigenvalue weighted by Gasteiger charge is -2.33. The molecule has 188 valence electrons. The molecule has 0 bridgehead atoms. The van der Waals surface area contributed by atoms with Crippen LogP contribution in [0.15, 0.2) is 47.3 Å². The average Bonchev–Trinajstić information content (AvgIpc) is 2.87. The second kappa shape index (κ2) is 10.8. The number of ether oxygens (including phenoxy) is 1. The minimum atomic E-state index is -3.14. The van der Waals surface area contributed by atoms with Gasteiger partial charge in [0.2, 0.25) is 11.6 Å². The van der Waals surface area contributed by atoms with Crippen molar-refractivity contribution in [1.82, 2.24) is 9.55 Å². The summed E-state index contributed by atoms with van der Waals surface area (Å²) in [6.07, 6.45) is 1.53. The summed E-state index contributed by atoms with van der Waals surface area (Å²) >= 11 is 0. The predicted octanol–water partition coefficient (Wildman–Crippen LogP) is 5.27. The summed E-state index contributed by atoms with van der Waals surface area (Å²) in [6.45, 7) is 6.84. The Labute approximate surface area is 206 Å². The molecule has 0 radical (unpaired) electrons. The highest BCUT2D eigenvalue weighted by Gasteiger charge is 2.28. The second-order valence-electron chi connectivity index (χ2n) is 8.63. The van der Waals surface area contributed by atoms with E-state index in [9.17, 15) is 18.0 Å². The maximum absolute atomic E-state index is 14.6. The van der Waals surface area contributed by atoms with E-state index in [2.05, 4.69) is 16.8 Å². The summed E-state index contributed by atoms with van der Waals surface area (Å²) in [5.74, 6) is -0.121. The summed E-state index contributed by atoms with van der Waals surface area (Å²) in [5.41, 5.74) is -0.736. The van der Waals surface area contributed by atoms with Crippen molar-refractivity contribution in [3.63, 3.8) is 0 Å². The van der Waals surface area contributed by atoms with E-state index in [-0.39, 0.29) is 41.7 Å². The van der Waals surface area contributed by atoms with Gasteiger partial charge in [-0.05, 0) is 42.5 Å². The molecule has 3 aromatic rings. The highest BCUT2D eigenvalue weighted by molar-refractivity contribution is 5.82. The third kappa shape index (κ3) is 5.06. The SMILES string of the molecule is [C-]#[N+]c1ccc(-c2nc(N3CCC(C)CC3)n(C(F)F)c(=O)c2-c2ccc(OCCO)cc2)cc1F. The molecule has 10 heteroatoms. The number of hydrogen-bond acceptors (Lipinski definition) is 5. The van der Waals surface area contributed by atoms with Crippen LogP contribution in [0.3, 0.4) is 0 Å². The summed E-state index contributed by atoms with van der Waals surface area (Å²) in [4.78, 5) is 22.9. The monoisotopic (exact) mass is 498 g/mol. The van der Waals surface area contributed by atoms with Gasteiger partial charge in [-0.15, -0.1) is 0 Å². The molecule has 0 unspecified atom stereocenters. The summed E-state index contributed by atoms with van der Waals surface area (Å²) in [6, 6.07) is 9.96. The Balaban J connectivity index is 1.94. The highest BCUT2D eigenvalue weighted by Crippen LogP contribution is 2.35. The molecule has 2 aromatic carbocycles. The normalized spacial score (nSPS) is 14.2. The number of halogens is 3. The standard InChI is InChI=1S/C26H25F3N4O3/c1-16-9-11-32(12-10-16)26-31-23(18-5-8-21(30-2)20(27)15-18)22(24(35)33(26)25(28)29)17-3-6-19(7-4-17)36-14-13-34/h3-8,15-16,25,34H,9-14H2,1H3. The van der Waals surface area contributed by atoms with Crippen LogP contribution in [0.2, 0.25) is 0 Å². The molecule has 2 heterocycles. The molecule has 4 rings (SSSR count). The number of benzene rings is 2. The fourth-order valence-corrected chi connectivity index (χ4v) is 4.23. The predicted molar refractivity (Wildman–Crippen MR) is 130 cm³/mol. The van der Waals surface area contributed by atoms with Crippen LogP contribution < -0.4 is 15.2 Å². The number of hydrogen-bond donors (Lipinski definition) is 1. The van der Waals surface area contributed by atoms with Crippen molar-refractivity contribution in [1.29, 1.82) is 0 Å². The number of piperidine rings is 1. The van der Waals surface area contributed by atoms with Gasteiger partial charge in [0.25, 0.3) is 5.56 Å². The molecule has 1 aliphatic heterocycles. The van der Waals surface area contributed by atoms with Crippen LogP contribution in [0.1, 0.15) is 26.3 Å². The molecule has 36 heavy (non-hydrogen) atoms. The zero-order valence-electron chi connectivity index (χ0n) is 19.6. The van der Waals surface area contributed by atoms with Gasteiger partial charge in [-0.25, -0.2) is 18.8 Å². The first-order valence-corrected chi connectivity index (χ1v) is 11.5. The van der Waals surface area contributed by atoms with Crippen LogP contribution in [0, 0.1) is 18.3 Å². The van der Waals surface area contributed by atoms with Crippen molar-refractivity contribution >= 4 is 11.6 Å². The maximum atomic E-state index is 14.6. The smallest absolute Gasteiger partial charge is 0.324 e. The number of alkyl halides is 2. The van der Waals surface area contributed by atoms with Gasteiger partial charge in [0, 0.05) is 18.7 Å². The number of aliphatic hydroxyl groups excluding tert-OH is 1. The van der Waals surface area contributed by atoms with Crippen LogP contribution >= 0.6 is 0 Å². The van der Waals surface area contributed by atoms with Gasteiger partial charge < -0.3 is 14.7 Å². The molecule has 1 saturated heterocycles.